The predicted octanol–water partition coefficient (Wildman–Crippen LogP) is 1.37. The largest absolute Gasteiger partial charge is 0.480 e. The number of likely N-dealkylation sites (tertiary alicyclic amines) is 1. The van der Waals surface area contributed by atoms with Gasteiger partial charge < -0.3 is 14.9 Å². The van der Waals surface area contributed by atoms with Gasteiger partial charge in [-0.1, -0.05) is 6.92 Å². The van der Waals surface area contributed by atoms with Gasteiger partial charge in [0.1, 0.15) is 6.04 Å². The van der Waals surface area contributed by atoms with Gasteiger partial charge in [-0.05, 0) is 26.3 Å². The van der Waals surface area contributed by atoms with Crippen LogP contribution in [0.4, 0.5) is 4.79 Å². The van der Waals surface area contributed by atoms with E-state index in [1.54, 1.807) is 4.90 Å². The van der Waals surface area contributed by atoms with Crippen LogP contribution in [0.2, 0.25) is 0 Å². The van der Waals surface area contributed by atoms with Crippen molar-refractivity contribution in [2.75, 3.05) is 32.4 Å². The summed E-state index contributed by atoms with van der Waals surface area (Å²) >= 11 is 1.53. The number of hydrogen-bond acceptors (Lipinski definition) is 4. The first-order valence-electron chi connectivity index (χ1n) is 7.57. The number of urea groups is 1. The van der Waals surface area contributed by atoms with Gasteiger partial charge >= 0.3 is 12.0 Å². The zero-order chi connectivity index (χ0) is 15.6. The first-order chi connectivity index (χ1) is 9.95. The maximum absolute atomic E-state index is 12.7. The molecule has 2 aliphatic rings. The zero-order valence-corrected chi connectivity index (χ0v) is 13.8. The van der Waals surface area contributed by atoms with Crippen LogP contribution in [0.3, 0.4) is 0 Å². The van der Waals surface area contributed by atoms with Gasteiger partial charge in [0.05, 0.1) is 5.37 Å². The molecule has 0 aliphatic carbocycles. The number of aliphatic carboxylic acids is 1. The van der Waals surface area contributed by atoms with Crippen molar-refractivity contribution in [1.29, 1.82) is 0 Å². The summed E-state index contributed by atoms with van der Waals surface area (Å²) in [6, 6.07) is -0.627. The van der Waals surface area contributed by atoms with Gasteiger partial charge in [-0.2, -0.15) is 0 Å². The van der Waals surface area contributed by atoms with Gasteiger partial charge in [0.25, 0.3) is 0 Å². The highest BCUT2D eigenvalue weighted by Crippen LogP contribution is 2.30. The molecular weight excluding hydrogens is 290 g/mol. The van der Waals surface area contributed by atoms with Crippen LogP contribution in [0.1, 0.15) is 26.7 Å². The maximum Gasteiger partial charge on any atom is 0.327 e. The van der Waals surface area contributed by atoms with Crippen molar-refractivity contribution < 1.29 is 14.7 Å². The quantitative estimate of drug-likeness (QED) is 0.852. The van der Waals surface area contributed by atoms with Crippen molar-refractivity contribution in [3.63, 3.8) is 0 Å². The standard InChI is InChI=1S/C14H25N3O3S/c1-4-16-7-5-11(6-8-16)15(3)14(20)17-10(2)21-9-12(17)13(18)19/h10-12H,4-9H2,1-3H3,(H,18,19). The Kier molecular flexibility index (Phi) is 5.37. The van der Waals surface area contributed by atoms with E-state index in [-0.39, 0.29) is 17.4 Å². The number of hydrogen-bond donors (Lipinski definition) is 1. The Hall–Kier alpha value is -0.950. The predicted molar refractivity (Wildman–Crippen MR) is 83.5 cm³/mol. The van der Waals surface area contributed by atoms with Crippen molar-refractivity contribution in [1.82, 2.24) is 14.7 Å². The van der Waals surface area contributed by atoms with Gasteiger partial charge in [0, 0.05) is 31.9 Å². The molecular formula is C14H25N3O3S. The highest BCUT2D eigenvalue weighted by atomic mass is 32.2. The molecule has 7 heteroatoms. The first-order valence-corrected chi connectivity index (χ1v) is 8.62. The Morgan fingerprint density at radius 3 is 2.48 bits per heavy atom. The van der Waals surface area contributed by atoms with Crippen molar-refractivity contribution in [3.8, 4) is 0 Å². The topological polar surface area (TPSA) is 64.1 Å². The number of carboxylic acid groups (broad SMARTS) is 1. The van der Waals surface area contributed by atoms with Crippen molar-refractivity contribution in [3.05, 3.63) is 0 Å². The summed E-state index contributed by atoms with van der Waals surface area (Å²) in [5.41, 5.74) is 0. The van der Waals surface area contributed by atoms with E-state index in [4.69, 9.17) is 0 Å². The number of carbonyl (C=O) groups is 2. The van der Waals surface area contributed by atoms with E-state index in [0.717, 1.165) is 32.5 Å². The lowest BCUT2D eigenvalue weighted by molar-refractivity contribution is -0.141. The fourth-order valence-corrected chi connectivity index (χ4v) is 4.25. The van der Waals surface area contributed by atoms with E-state index in [0.29, 0.717) is 5.75 Å². The normalized spacial score (nSPS) is 27.9. The second-order valence-corrected chi connectivity index (χ2v) is 7.10. The number of rotatable bonds is 3. The van der Waals surface area contributed by atoms with Gasteiger partial charge in [-0.3, -0.25) is 4.90 Å². The molecule has 2 aliphatic heterocycles. The minimum atomic E-state index is -0.908. The Bertz CT molecular complexity index is 399. The second kappa shape index (κ2) is 6.87. The lowest BCUT2D eigenvalue weighted by Crippen LogP contribution is -2.54. The van der Waals surface area contributed by atoms with Crippen LogP contribution in [0.15, 0.2) is 0 Å². The SMILES string of the molecule is CCN1CCC(N(C)C(=O)N2C(C)SCC2C(=O)O)CC1. The van der Waals surface area contributed by atoms with Crippen LogP contribution in [0, 0.1) is 0 Å². The lowest BCUT2D eigenvalue weighted by atomic mass is 10.0. The monoisotopic (exact) mass is 315 g/mol. The summed E-state index contributed by atoms with van der Waals surface area (Å²) in [6.45, 7) is 7.11. The smallest absolute Gasteiger partial charge is 0.327 e. The lowest BCUT2D eigenvalue weighted by Gasteiger charge is -2.39. The summed E-state index contributed by atoms with van der Waals surface area (Å²) in [5, 5.41) is 9.20. The third-order valence-corrected chi connectivity index (χ3v) is 5.80. The number of amides is 2. The van der Waals surface area contributed by atoms with Crippen LogP contribution in [-0.2, 0) is 4.79 Å². The van der Waals surface area contributed by atoms with E-state index >= 15 is 0 Å². The molecule has 0 aromatic rings. The summed E-state index contributed by atoms with van der Waals surface area (Å²) in [7, 11) is 1.81. The number of thioether (sulfide) groups is 1. The Balaban J connectivity index is 2.00. The minimum absolute atomic E-state index is 0.0724. The van der Waals surface area contributed by atoms with E-state index < -0.39 is 12.0 Å². The van der Waals surface area contributed by atoms with Gasteiger partial charge in [-0.25, -0.2) is 9.59 Å². The van der Waals surface area contributed by atoms with Crippen molar-refractivity contribution in [2.24, 2.45) is 0 Å². The van der Waals surface area contributed by atoms with Gasteiger partial charge in [0.2, 0.25) is 0 Å². The molecule has 2 atom stereocenters. The summed E-state index contributed by atoms with van der Waals surface area (Å²) < 4.78 is 0. The number of piperidine rings is 1. The molecule has 0 aromatic carbocycles. The average Bonchev–Trinajstić information content (AvgIpc) is 2.87. The third-order valence-electron chi connectivity index (χ3n) is 4.58. The van der Waals surface area contributed by atoms with Crippen LogP contribution in [0.5, 0.6) is 0 Å². The molecule has 0 aromatic heterocycles. The van der Waals surface area contributed by atoms with E-state index in [1.807, 2.05) is 14.0 Å². The van der Waals surface area contributed by atoms with Crippen LogP contribution < -0.4 is 0 Å². The Morgan fingerprint density at radius 1 is 1.33 bits per heavy atom. The third kappa shape index (κ3) is 3.45. The number of carboxylic acids is 1. The molecule has 1 N–H and O–H groups in total. The molecule has 2 amide bonds. The highest BCUT2D eigenvalue weighted by Gasteiger charge is 2.41. The maximum atomic E-state index is 12.7. The van der Waals surface area contributed by atoms with Gasteiger partial charge in [-0.15, -0.1) is 11.8 Å². The minimum Gasteiger partial charge on any atom is -0.480 e. The molecule has 120 valence electrons. The van der Waals surface area contributed by atoms with Crippen LogP contribution >= 0.6 is 11.8 Å². The molecule has 2 saturated heterocycles. The second-order valence-electron chi connectivity index (χ2n) is 5.75. The molecule has 2 fully saturated rings. The molecule has 0 saturated carbocycles. The summed E-state index contributed by atoms with van der Waals surface area (Å²) in [6.07, 6.45) is 1.92. The molecule has 21 heavy (non-hydrogen) atoms. The average molecular weight is 315 g/mol. The number of carbonyl (C=O) groups excluding carboxylic acids is 1. The molecule has 2 rings (SSSR count). The van der Waals surface area contributed by atoms with Crippen LogP contribution in [-0.4, -0.2) is 81.7 Å². The number of nitrogens with zero attached hydrogens (tertiary/aromatic N) is 3. The van der Waals surface area contributed by atoms with Gasteiger partial charge in [0.15, 0.2) is 0 Å². The molecule has 0 bridgehead atoms. The van der Waals surface area contributed by atoms with E-state index in [1.165, 1.54) is 16.7 Å². The van der Waals surface area contributed by atoms with E-state index in [2.05, 4.69) is 11.8 Å². The molecule has 6 nitrogen and oxygen atoms in total. The summed E-state index contributed by atoms with van der Waals surface area (Å²) in [4.78, 5) is 29.7. The Morgan fingerprint density at radius 2 is 1.95 bits per heavy atom. The van der Waals surface area contributed by atoms with Crippen molar-refractivity contribution >= 4 is 23.8 Å². The molecule has 0 radical (unpaired) electrons. The fourth-order valence-electron chi connectivity index (χ4n) is 3.08. The van der Waals surface area contributed by atoms with Crippen LogP contribution in [0.25, 0.3) is 0 Å². The zero-order valence-electron chi connectivity index (χ0n) is 13.0. The van der Waals surface area contributed by atoms with Crippen molar-refractivity contribution in [2.45, 2.75) is 44.1 Å². The highest BCUT2D eigenvalue weighted by molar-refractivity contribution is 8.00. The van der Waals surface area contributed by atoms with E-state index in [9.17, 15) is 14.7 Å². The summed E-state index contributed by atoms with van der Waals surface area (Å²) in [5.74, 6) is -0.431. The Labute approximate surface area is 130 Å². The molecule has 2 unspecified atom stereocenters. The first kappa shape index (κ1) is 16.4. The fraction of sp³-hybridized carbons (Fsp3) is 0.857. The molecule has 0 spiro atoms. The molecule has 2 heterocycles.